The molecule has 0 aliphatic rings. The zero-order valence-corrected chi connectivity index (χ0v) is 8.30. The first-order valence-corrected chi connectivity index (χ1v) is 3.66. The van der Waals surface area contributed by atoms with Crippen LogP contribution in [0.2, 0.25) is 0 Å². The summed E-state index contributed by atoms with van der Waals surface area (Å²) >= 11 is 3.10. The lowest BCUT2D eigenvalue weighted by molar-refractivity contribution is 0.622. The molecule has 1 aromatic carbocycles. The lowest BCUT2D eigenvalue weighted by Crippen LogP contribution is -1.90. The third-order valence-corrected chi connectivity index (χ3v) is 2.03. The molecule has 0 atom stereocenters. The highest BCUT2D eigenvalue weighted by molar-refractivity contribution is 9.10. The maximum atomic E-state index is 12.7. The molecule has 0 heterocycles. The van der Waals surface area contributed by atoms with Gasteiger partial charge in [-0.3, -0.25) is 0 Å². The molecule has 0 bridgehead atoms. The van der Waals surface area contributed by atoms with Crippen LogP contribution in [0.25, 0.3) is 0 Å². The average molecular weight is 241 g/mol. The number of nitrogens with one attached hydrogen (secondary N) is 1. The molecule has 0 aliphatic carbocycles. The van der Waals surface area contributed by atoms with Gasteiger partial charge in [0, 0.05) is 7.05 Å². The van der Waals surface area contributed by atoms with Crippen LogP contribution < -0.4 is 5.32 Å². The molecule has 0 unspecified atom stereocenters. The van der Waals surface area contributed by atoms with E-state index >= 15 is 0 Å². The van der Waals surface area contributed by atoms with Gasteiger partial charge in [0.15, 0.2) is 0 Å². The lowest BCUT2D eigenvalue weighted by atomic mass is 10.3. The van der Waals surface area contributed by atoms with Crippen LogP contribution in [-0.2, 0) is 0 Å². The Morgan fingerprint density at radius 2 is 2.09 bits per heavy atom. The molecule has 1 rings (SSSR count). The van der Waals surface area contributed by atoms with Crippen molar-refractivity contribution < 1.29 is 4.39 Å². The molecule has 0 radical (unpaired) electrons. The summed E-state index contributed by atoms with van der Waals surface area (Å²) in [7, 11) is 1.75. The van der Waals surface area contributed by atoms with Crippen molar-refractivity contribution in [3.8, 4) is 0 Å². The van der Waals surface area contributed by atoms with E-state index in [0.717, 1.165) is 5.69 Å². The second-order valence-electron chi connectivity index (χ2n) is 1.85. The van der Waals surface area contributed by atoms with Crippen LogP contribution in [0.1, 0.15) is 0 Å². The second-order valence-corrected chi connectivity index (χ2v) is 2.64. The number of anilines is 1. The van der Waals surface area contributed by atoms with Gasteiger partial charge < -0.3 is 5.32 Å². The molecule has 0 aromatic heterocycles. The van der Waals surface area contributed by atoms with Crippen molar-refractivity contribution >= 4 is 34.0 Å². The van der Waals surface area contributed by atoms with Crippen LogP contribution in [0.3, 0.4) is 0 Å². The van der Waals surface area contributed by atoms with Crippen molar-refractivity contribution in [1.29, 1.82) is 0 Å². The highest BCUT2D eigenvalue weighted by Gasteiger charge is 2.00. The number of hydrogen-bond donors (Lipinski definition) is 1. The van der Waals surface area contributed by atoms with Gasteiger partial charge in [0.1, 0.15) is 5.82 Å². The Morgan fingerprint density at radius 3 is 2.55 bits per heavy atom. The van der Waals surface area contributed by atoms with Gasteiger partial charge >= 0.3 is 0 Å². The Kier molecular flexibility index (Phi) is 4.45. The molecule has 4 heteroatoms. The molecular weight excluding hydrogens is 232 g/mol. The van der Waals surface area contributed by atoms with Crippen LogP contribution >= 0.6 is 28.3 Å². The standard InChI is InChI=1S/C7H7BrFN.ClH/c1-10-6-4-2-3-5(9)7(6)8;/h2-4,10H,1H3;1H. The van der Waals surface area contributed by atoms with Gasteiger partial charge in [0.2, 0.25) is 0 Å². The molecule has 0 saturated heterocycles. The molecule has 0 amide bonds. The maximum absolute atomic E-state index is 12.7. The summed E-state index contributed by atoms with van der Waals surface area (Å²) in [5.41, 5.74) is 0.764. The molecule has 11 heavy (non-hydrogen) atoms. The van der Waals surface area contributed by atoms with E-state index in [1.54, 1.807) is 19.2 Å². The Hall–Kier alpha value is -0.280. The number of benzene rings is 1. The smallest absolute Gasteiger partial charge is 0.139 e. The molecule has 0 spiro atoms. The normalized spacial score (nSPS) is 8.64. The van der Waals surface area contributed by atoms with E-state index < -0.39 is 0 Å². The Morgan fingerprint density at radius 1 is 1.45 bits per heavy atom. The van der Waals surface area contributed by atoms with E-state index in [-0.39, 0.29) is 18.2 Å². The third kappa shape index (κ3) is 2.34. The number of hydrogen-bond acceptors (Lipinski definition) is 1. The third-order valence-electron chi connectivity index (χ3n) is 1.22. The molecule has 0 saturated carbocycles. The van der Waals surface area contributed by atoms with E-state index in [2.05, 4.69) is 21.2 Å². The summed E-state index contributed by atoms with van der Waals surface area (Å²) in [6, 6.07) is 4.87. The van der Waals surface area contributed by atoms with Gasteiger partial charge in [-0.2, -0.15) is 0 Å². The van der Waals surface area contributed by atoms with Crippen LogP contribution in [0, 0.1) is 5.82 Å². The predicted octanol–water partition coefficient (Wildman–Crippen LogP) is 3.05. The quantitative estimate of drug-likeness (QED) is 0.795. The Bertz CT molecular complexity index is 242. The molecule has 1 N–H and O–H groups in total. The highest BCUT2D eigenvalue weighted by atomic mass is 79.9. The zero-order valence-electron chi connectivity index (χ0n) is 5.90. The van der Waals surface area contributed by atoms with Crippen molar-refractivity contribution in [3.05, 3.63) is 28.5 Å². The first-order chi connectivity index (χ1) is 4.75. The molecule has 0 fully saturated rings. The van der Waals surface area contributed by atoms with E-state index in [0.29, 0.717) is 4.47 Å². The molecular formula is C7H8BrClFN. The first kappa shape index (κ1) is 10.7. The maximum Gasteiger partial charge on any atom is 0.139 e. The van der Waals surface area contributed by atoms with Gasteiger partial charge in [-0.1, -0.05) is 6.07 Å². The summed E-state index contributed by atoms with van der Waals surface area (Å²) in [5, 5.41) is 2.85. The second kappa shape index (κ2) is 4.57. The summed E-state index contributed by atoms with van der Waals surface area (Å²) in [6.07, 6.45) is 0. The SMILES string of the molecule is CNc1cccc(F)c1Br.Cl. The van der Waals surface area contributed by atoms with Crippen LogP contribution in [0.4, 0.5) is 10.1 Å². The summed E-state index contributed by atoms with van der Waals surface area (Å²) < 4.78 is 13.2. The minimum atomic E-state index is -0.244. The molecule has 0 aliphatic heterocycles. The fourth-order valence-corrected chi connectivity index (χ4v) is 1.16. The van der Waals surface area contributed by atoms with E-state index in [9.17, 15) is 4.39 Å². The Labute approximate surface area is 79.5 Å². The average Bonchev–Trinajstić information content (AvgIpc) is 1.95. The van der Waals surface area contributed by atoms with Gasteiger partial charge in [-0.05, 0) is 28.1 Å². The van der Waals surface area contributed by atoms with Crippen molar-refractivity contribution in [1.82, 2.24) is 0 Å². The largest absolute Gasteiger partial charge is 0.387 e. The van der Waals surface area contributed by atoms with Crippen molar-refractivity contribution in [3.63, 3.8) is 0 Å². The van der Waals surface area contributed by atoms with Crippen molar-refractivity contribution in [2.24, 2.45) is 0 Å². The predicted molar refractivity (Wildman–Crippen MR) is 50.9 cm³/mol. The van der Waals surface area contributed by atoms with Crippen molar-refractivity contribution in [2.75, 3.05) is 12.4 Å². The molecule has 1 aromatic rings. The minimum Gasteiger partial charge on any atom is -0.387 e. The number of halogens is 3. The van der Waals surface area contributed by atoms with Gasteiger partial charge in [-0.25, -0.2) is 4.39 Å². The topological polar surface area (TPSA) is 12.0 Å². The van der Waals surface area contributed by atoms with Gasteiger partial charge in [-0.15, -0.1) is 12.4 Å². The van der Waals surface area contributed by atoms with Crippen LogP contribution in [-0.4, -0.2) is 7.05 Å². The molecule has 1 nitrogen and oxygen atoms in total. The van der Waals surface area contributed by atoms with Crippen LogP contribution in [0.5, 0.6) is 0 Å². The fourth-order valence-electron chi connectivity index (χ4n) is 0.697. The first-order valence-electron chi connectivity index (χ1n) is 2.87. The Balaban J connectivity index is 0.000001000. The summed E-state index contributed by atoms with van der Waals surface area (Å²) in [6.45, 7) is 0. The van der Waals surface area contributed by atoms with Gasteiger partial charge in [0.25, 0.3) is 0 Å². The molecule has 62 valence electrons. The van der Waals surface area contributed by atoms with E-state index in [4.69, 9.17) is 0 Å². The van der Waals surface area contributed by atoms with Gasteiger partial charge in [0.05, 0.1) is 10.2 Å². The van der Waals surface area contributed by atoms with E-state index in [1.165, 1.54) is 6.07 Å². The summed E-state index contributed by atoms with van der Waals surface area (Å²) in [4.78, 5) is 0. The monoisotopic (exact) mass is 239 g/mol. The minimum absolute atomic E-state index is 0. The zero-order chi connectivity index (χ0) is 7.56. The number of rotatable bonds is 1. The van der Waals surface area contributed by atoms with Crippen molar-refractivity contribution in [2.45, 2.75) is 0 Å². The van der Waals surface area contributed by atoms with Crippen LogP contribution in [0.15, 0.2) is 22.7 Å². The lowest BCUT2D eigenvalue weighted by Gasteiger charge is -2.01. The van der Waals surface area contributed by atoms with E-state index in [1.807, 2.05) is 0 Å². The fraction of sp³-hybridized carbons (Fsp3) is 0.143. The summed E-state index contributed by atoms with van der Waals surface area (Å²) in [5.74, 6) is -0.244. The highest BCUT2D eigenvalue weighted by Crippen LogP contribution is 2.24.